The number of nitrogens with zero attached hydrogens (tertiary/aromatic N) is 1. The predicted molar refractivity (Wildman–Crippen MR) is 104 cm³/mol. The van der Waals surface area contributed by atoms with Crippen molar-refractivity contribution in [3.63, 3.8) is 0 Å². The van der Waals surface area contributed by atoms with Crippen LogP contribution in [0, 0.1) is 5.92 Å². The molecule has 9 heteroatoms. The van der Waals surface area contributed by atoms with E-state index in [1.165, 1.54) is 11.4 Å². The first-order chi connectivity index (χ1) is 12.8. The summed E-state index contributed by atoms with van der Waals surface area (Å²) in [7, 11) is -2.20. The van der Waals surface area contributed by atoms with E-state index in [1.807, 2.05) is 13.8 Å². The van der Waals surface area contributed by atoms with Gasteiger partial charge in [0.2, 0.25) is 5.91 Å². The summed E-state index contributed by atoms with van der Waals surface area (Å²) in [6.07, 6.45) is 3.57. The van der Waals surface area contributed by atoms with Crippen LogP contribution < -0.4 is 5.32 Å². The molecule has 1 N–H and O–H groups in total. The molecule has 0 bridgehead atoms. The third-order valence-electron chi connectivity index (χ3n) is 4.87. The molecule has 1 saturated heterocycles. The summed E-state index contributed by atoms with van der Waals surface area (Å²) in [5.41, 5.74) is 0. The quantitative estimate of drug-likeness (QED) is 0.656. The number of nitrogens with one attached hydrogen (secondary N) is 1. The van der Waals surface area contributed by atoms with Crippen LogP contribution in [0.15, 0.2) is 16.3 Å². The Morgan fingerprint density at radius 2 is 1.93 bits per heavy atom. The lowest BCUT2D eigenvalue weighted by Gasteiger charge is -2.25. The number of ether oxygens (including phenoxy) is 1. The van der Waals surface area contributed by atoms with Gasteiger partial charge in [-0.05, 0) is 30.9 Å². The number of esters is 1. The highest BCUT2D eigenvalue weighted by atomic mass is 32.2. The van der Waals surface area contributed by atoms with E-state index in [9.17, 15) is 18.0 Å². The Kier molecular flexibility index (Phi) is 7.81. The van der Waals surface area contributed by atoms with Crippen molar-refractivity contribution < 1.29 is 22.7 Å². The Bertz CT molecular complexity index is 754. The zero-order valence-corrected chi connectivity index (χ0v) is 17.7. The van der Waals surface area contributed by atoms with E-state index in [0.29, 0.717) is 18.0 Å². The van der Waals surface area contributed by atoms with Gasteiger partial charge < -0.3 is 10.1 Å². The third-order valence-corrected chi connectivity index (χ3v) is 8.32. The van der Waals surface area contributed by atoms with Crippen molar-refractivity contribution in [2.24, 2.45) is 5.92 Å². The molecule has 0 radical (unpaired) electrons. The minimum Gasteiger partial charge on any atom is -0.467 e. The van der Waals surface area contributed by atoms with E-state index in [1.54, 1.807) is 12.1 Å². The van der Waals surface area contributed by atoms with Crippen molar-refractivity contribution in [3.8, 4) is 0 Å². The average molecular weight is 417 g/mol. The van der Waals surface area contributed by atoms with Crippen LogP contribution >= 0.6 is 11.3 Å². The lowest BCUT2D eigenvalue weighted by Crippen LogP contribution is -2.46. The van der Waals surface area contributed by atoms with Gasteiger partial charge in [-0.25, -0.2) is 13.2 Å². The minimum atomic E-state index is -3.49. The maximum absolute atomic E-state index is 12.7. The zero-order chi connectivity index (χ0) is 20.0. The molecule has 152 valence electrons. The SMILES string of the molecule is CC[C@@H](C)[C@@H](NC(=O)Cc1ccc(S(=O)(=O)N2CCCCC2)s1)C(=O)OC. The van der Waals surface area contributed by atoms with Crippen molar-refractivity contribution >= 4 is 33.2 Å². The molecule has 0 aromatic carbocycles. The molecule has 2 heterocycles. The summed E-state index contributed by atoms with van der Waals surface area (Å²) in [4.78, 5) is 24.9. The number of carbonyl (C=O) groups is 2. The number of thiophene rings is 1. The molecule has 1 fully saturated rings. The second-order valence-electron chi connectivity index (χ2n) is 6.82. The highest BCUT2D eigenvalue weighted by Gasteiger charge is 2.29. The second-order valence-corrected chi connectivity index (χ2v) is 10.1. The van der Waals surface area contributed by atoms with Gasteiger partial charge in [-0.15, -0.1) is 11.3 Å². The van der Waals surface area contributed by atoms with Gasteiger partial charge in [0.25, 0.3) is 10.0 Å². The van der Waals surface area contributed by atoms with Crippen molar-refractivity contribution in [1.29, 1.82) is 0 Å². The van der Waals surface area contributed by atoms with Gasteiger partial charge in [0.05, 0.1) is 13.5 Å². The Labute approximate surface area is 165 Å². The number of methoxy groups -OCH3 is 1. The molecule has 1 aromatic heterocycles. The topological polar surface area (TPSA) is 92.8 Å². The lowest BCUT2D eigenvalue weighted by molar-refractivity contribution is -0.146. The number of carbonyl (C=O) groups excluding carboxylic acids is 2. The molecule has 0 aliphatic carbocycles. The highest BCUT2D eigenvalue weighted by Crippen LogP contribution is 2.27. The smallest absolute Gasteiger partial charge is 0.328 e. The van der Waals surface area contributed by atoms with E-state index in [2.05, 4.69) is 5.32 Å². The van der Waals surface area contributed by atoms with Crippen molar-refractivity contribution in [3.05, 3.63) is 17.0 Å². The first kappa shape index (κ1) is 21.8. The maximum Gasteiger partial charge on any atom is 0.328 e. The van der Waals surface area contributed by atoms with Crippen LogP contribution in [0.5, 0.6) is 0 Å². The summed E-state index contributed by atoms with van der Waals surface area (Å²) in [5.74, 6) is -0.855. The molecule has 2 atom stereocenters. The van der Waals surface area contributed by atoms with Gasteiger partial charge in [0, 0.05) is 18.0 Å². The van der Waals surface area contributed by atoms with Gasteiger partial charge in [0.1, 0.15) is 10.3 Å². The number of rotatable bonds is 8. The van der Waals surface area contributed by atoms with Crippen LogP contribution in [-0.4, -0.2) is 50.8 Å². The first-order valence-electron chi connectivity index (χ1n) is 9.25. The Balaban J connectivity index is 2.03. The van der Waals surface area contributed by atoms with Gasteiger partial charge in [-0.2, -0.15) is 4.31 Å². The number of hydrogen-bond acceptors (Lipinski definition) is 6. The number of piperidine rings is 1. The van der Waals surface area contributed by atoms with E-state index in [4.69, 9.17) is 4.74 Å². The molecule has 2 rings (SSSR count). The van der Waals surface area contributed by atoms with Crippen LogP contribution in [-0.2, 0) is 30.8 Å². The lowest BCUT2D eigenvalue weighted by atomic mass is 9.99. The molecule has 0 spiro atoms. The third kappa shape index (κ3) is 5.52. The van der Waals surface area contributed by atoms with Crippen LogP contribution in [0.1, 0.15) is 44.4 Å². The fourth-order valence-corrected chi connectivity index (χ4v) is 6.03. The maximum atomic E-state index is 12.7. The normalized spacial score (nSPS) is 17.9. The summed E-state index contributed by atoms with van der Waals surface area (Å²) < 4.78 is 31.9. The molecule has 1 amide bonds. The fourth-order valence-electron chi connectivity index (χ4n) is 3.00. The Morgan fingerprint density at radius 1 is 1.26 bits per heavy atom. The monoisotopic (exact) mass is 416 g/mol. The molecule has 1 aliphatic heterocycles. The summed E-state index contributed by atoms with van der Waals surface area (Å²) in [5, 5.41) is 2.71. The average Bonchev–Trinajstić information content (AvgIpc) is 3.14. The first-order valence-corrected chi connectivity index (χ1v) is 11.5. The van der Waals surface area contributed by atoms with Gasteiger partial charge >= 0.3 is 5.97 Å². The number of sulfonamides is 1. The minimum absolute atomic E-state index is 0.0319. The van der Waals surface area contributed by atoms with E-state index >= 15 is 0 Å². The van der Waals surface area contributed by atoms with Gasteiger partial charge in [-0.3, -0.25) is 4.79 Å². The predicted octanol–water partition coefficient (Wildman–Crippen LogP) is 2.17. The standard InChI is InChI=1S/C18H28N2O5S2/c1-4-13(2)17(18(22)25-3)19-15(21)12-14-8-9-16(26-14)27(23,24)20-10-6-5-7-11-20/h8-9,13,17H,4-7,10-12H2,1-3H3,(H,19,21)/t13-,17-/m1/s1. The molecule has 1 aromatic rings. The fraction of sp³-hybridized carbons (Fsp3) is 0.667. The Hall–Kier alpha value is -1.45. The van der Waals surface area contributed by atoms with Crippen LogP contribution in [0.4, 0.5) is 0 Å². The van der Waals surface area contributed by atoms with E-state index < -0.39 is 22.0 Å². The Morgan fingerprint density at radius 3 is 2.52 bits per heavy atom. The molecule has 27 heavy (non-hydrogen) atoms. The zero-order valence-electron chi connectivity index (χ0n) is 16.1. The van der Waals surface area contributed by atoms with Crippen molar-refractivity contribution in [2.75, 3.05) is 20.2 Å². The molecule has 0 saturated carbocycles. The van der Waals surface area contributed by atoms with E-state index in [-0.39, 0.29) is 22.5 Å². The summed E-state index contributed by atoms with van der Waals surface area (Å²) in [6.45, 7) is 4.90. The second kappa shape index (κ2) is 9.66. The summed E-state index contributed by atoms with van der Waals surface area (Å²) in [6, 6.07) is 2.52. The van der Waals surface area contributed by atoms with Crippen LogP contribution in [0.2, 0.25) is 0 Å². The summed E-state index contributed by atoms with van der Waals surface area (Å²) >= 11 is 1.11. The largest absolute Gasteiger partial charge is 0.467 e. The molecule has 1 aliphatic rings. The molecule has 7 nitrogen and oxygen atoms in total. The van der Waals surface area contributed by atoms with Gasteiger partial charge in [-0.1, -0.05) is 26.7 Å². The number of hydrogen-bond donors (Lipinski definition) is 1. The molecular formula is C18H28N2O5S2. The number of amides is 1. The molecule has 0 unspecified atom stereocenters. The van der Waals surface area contributed by atoms with E-state index in [0.717, 1.165) is 37.0 Å². The van der Waals surface area contributed by atoms with Crippen LogP contribution in [0.3, 0.4) is 0 Å². The van der Waals surface area contributed by atoms with Crippen molar-refractivity contribution in [2.45, 2.75) is 56.2 Å². The van der Waals surface area contributed by atoms with Crippen LogP contribution in [0.25, 0.3) is 0 Å². The van der Waals surface area contributed by atoms with Gasteiger partial charge in [0.15, 0.2) is 0 Å². The van der Waals surface area contributed by atoms with Crippen molar-refractivity contribution in [1.82, 2.24) is 9.62 Å². The highest BCUT2D eigenvalue weighted by molar-refractivity contribution is 7.91. The molecular weight excluding hydrogens is 388 g/mol.